The molecular weight excluding hydrogens is 168 g/mol. The maximum atomic E-state index is 6.21. The fourth-order valence-corrected chi connectivity index (χ4v) is 2.43. The van der Waals surface area contributed by atoms with Crippen molar-refractivity contribution in [1.29, 1.82) is 0 Å². The third-order valence-corrected chi connectivity index (χ3v) is 3.08. The van der Waals surface area contributed by atoms with Crippen LogP contribution >= 0.6 is 11.6 Å². The number of hydrogen-bond donors (Lipinski definition) is 0. The second-order valence-corrected chi connectivity index (χ2v) is 4.26. The molecule has 0 saturated carbocycles. The maximum Gasteiger partial charge on any atom is 0.0593 e. The van der Waals surface area contributed by atoms with Crippen molar-refractivity contribution in [2.24, 2.45) is 0 Å². The minimum atomic E-state index is 0.245. The van der Waals surface area contributed by atoms with Crippen LogP contribution in [0.1, 0.15) is 41.3 Å². The molecule has 0 radical (unpaired) electrons. The van der Waals surface area contributed by atoms with Crippen molar-refractivity contribution >= 4 is 11.6 Å². The van der Waals surface area contributed by atoms with Crippen molar-refractivity contribution in [3.05, 3.63) is 34.9 Å². The number of fused-ring (bicyclic) bond motifs is 1. The van der Waals surface area contributed by atoms with Crippen LogP contribution in [-0.4, -0.2) is 0 Å². The Morgan fingerprint density at radius 2 is 2.08 bits per heavy atom. The Morgan fingerprint density at radius 3 is 2.83 bits per heavy atom. The molecule has 64 valence electrons. The van der Waals surface area contributed by atoms with Crippen LogP contribution in [0.3, 0.4) is 0 Å². The summed E-state index contributed by atoms with van der Waals surface area (Å²) in [5.74, 6) is 0.642. The summed E-state index contributed by atoms with van der Waals surface area (Å²) < 4.78 is 0. The molecule has 0 amide bonds. The average molecular weight is 181 g/mol. The molecule has 0 nitrogen and oxygen atoms in total. The van der Waals surface area contributed by atoms with Crippen molar-refractivity contribution in [1.82, 2.24) is 0 Å². The Labute approximate surface area is 78.6 Å². The second-order valence-electron chi connectivity index (χ2n) is 3.74. The number of rotatable bonds is 0. The standard InChI is InChI=1S/C11H13Cl/c1-7-3-4-9-8(2)6-11(12)10(9)5-7/h3-5,8,11H,6H2,1-2H3. The van der Waals surface area contributed by atoms with Gasteiger partial charge >= 0.3 is 0 Å². The molecule has 0 saturated heterocycles. The third-order valence-electron chi connectivity index (χ3n) is 2.67. The van der Waals surface area contributed by atoms with Crippen molar-refractivity contribution in [3.63, 3.8) is 0 Å². The molecule has 0 N–H and O–H groups in total. The molecule has 0 heterocycles. The quantitative estimate of drug-likeness (QED) is 0.533. The van der Waals surface area contributed by atoms with Gasteiger partial charge in [0.25, 0.3) is 0 Å². The highest BCUT2D eigenvalue weighted by Gasteiger charge is 2.25. The largest absolute Gasteiger partial charge is 0.118 e. The summed E-state index contributed by atoms with van der Waals surface area (Å²) in [6, 6.07) is 6.61. The summed E-state index contributed by atoms with van der Waals surface area (Å²) >= 11 is 6.21. The van der Waals surface area contributed by atoms with E-state index in [0.29, 0.717) is 5.92 Å². The fraction of sp³-hybridized carbons (Fsp3) is 0.455. The Kier molecular flexibility index (Phi) is 1.88. The SMILES string of the molecule is Cc1ccc2c(c1)C(Cl)CC2C. The lowest BCUT2D eigenvalue weighted by Crippen LogP contribution is -1.86. The first-order valence-electron chi connectivity index (χ1n) is 4.43. The van der Waals surface area contributed by atoms with Gasteiger partial charge in [-0.25, -0.2) is 0 Å². The van der Waals surface area contributed by atoms with Gasteiger partial charge in [-0.1, -0.05) is 30.7 Å². The van der Waals surface area contributed by atoms with E-state index < -0.39 is 0 Å². The molecule has 0 bridgehead atoms. The Bertz CT molecular complexity index is 304. The Morgan fingerprint density at radius 1 is 1.33 bits per heavy atom. The molecule has 1 aromatic rings. The molecule has 0 aliphatic heterocycles. The van der Waals surface area contributed by atoms with Crippen LogP contribution in [0.25, 0.3) is 0 Å². The van der Waals surface area contributed by atoms with Crippen LogP contribution in [0, 0.1) is 6.92 Å². The van der Waals surface area contributed by atoms with E-state index in [-0.39, 0.29) is 5.38 Å². The van der Waals surface area contributed by atoms with E-state index in [1.807, 2.05) is 0 Å². The van der Waals surface area contributed by atoms with Crippen LogP contribution in [-0.2, 0) is 0 Å². The van der Waals surface area contributed by atoms with E-state index >= 15 is 0 Å². The predicted octanol–water partition coefficient (Wildman–Crippen LogP) is 3.78. The van der Waals surface area contributed by atoms with Crippen LogP contribution in [0.2, 0.25) is 0 Å². The average Bonchev–Trinajstić information content (AvgIpc) is 2.28. The Balaban J connectivity index is 2.53. The third kappa shape index (κ3) is 1.15. The summed E-state index contributed by atoms with van der Waals surface area (Å²) in [6.07, 6.45) is 1.10. The van der Waals surface area contributed by atoms with E-state index in [1.165, 1.54) is 16.7 Å². The van der Waals surface area contributed by atoms with Gasteiger partial charge in [-0.2, -0.15) is 0 Å². The summed E-state index contributed by atoms with van der Waals surface area (Å²) in [4.78, 5) is 0. The van der Waals surface area contributed by atoms with Crippen LogP contribution in [0.5, 0.6) is 0 Å². The summed E-state index contributed by atoms with van der Waals surface area (Å²) in [7, 11) is 0. The molecule has 1 aliphatic carbocycles. The minimum absolute atomic E-state index is 0.245. The number of aryl methyl sites for hydroxylation is 1. The van der Waals surface area contributed by atoms with Gasteiger partial charge in [0, 0.05) is 0 Å². The summed E-state index contributed by atoms with van der Waals surface area (Å²) in [5, 5.41) is 0.245. The van der Waals surface area contributed by atoms with E-state index in [0.717, 1.165) is 6.42 Å². The summed E-state index contributed by atoms with van der Waals surface area (Å²) in [6.45, 7) is 4.36. The van der Waals surface area contributed by atoms with Crippen molar-refractivity contribution in [3.8, 4) is 0 Å². The lowest BCUT2D eigenvalue weighted by atomic mass is 10.0. The van der Waals surface area contributed by atoms with Gasteiger partial charge < -0.3 is 0 Å². The molecule has 2 atom stereocenters. The van der Waals surface area contributed by atoms with Crippen LogP contribution < -0.4 is 0 Å². The first kappa shape index (κ1) is 8.12. The van der Waals surface area contributed by atoms with E-state index in [4.69, 9.17) is 11.6 Å². The zero-order chi connectivity index (χ0) is 8.72. The number of benzene rings is 1. The number of halogens is 1. The normalized spacial score (nSPS) is 27.2. The van der Waals surface area contributed by atoms with Crippen LogP contribution in [0.15, 0.2) is 18.2 Å². The molecular formula is C11H13Cl. The summed E-state index contributed by atoms with van der Waals surface area (Å²) in [5.41, 5.74) is 4.11. The topological polar surface area (TPSA) is 0 Å². The zero-order valence-corrected chi connectivity index (χ0v) is 8.23. The molecule has 2 unspecified atom stereocenters. The number of alkyl halides is 1. The van der Waals surface area contributed by atoms with E-state index in [1.54, 1.807) is 0 Å². The highest BCUT2D eigenvalue weighted by atomic mass is 35.5. The minimum Gasteiger partial charge on any atom is -0.118 e. The monoisotopic (exact) mass is 180 g/mol. The van der Waals surface area contributed by atoms with Gasteiger partial charge in [0.05, 0.1) is 5.38 Å². The molecule has 1 aromatic carbocycles. The van der Waals surface area contributed by atoms with Gasteiger partial charge in [0.2, 0.25) is 0 Å². The maximum absolute atomic E-state index is 6.21. The first-order valence-corrected chi connectivity index (χ1v) is 4.86. The lowest BCUT2D eigenvalue weighted by Gasteiger charge is -2.04. The van der Waals surface area contributed by atoms with E-state index in [9.17, 15) is 0 Å². The zero-order valence-electron chi connectivity index (χ0n) is 7.47. The molecule has 1 aliphatic rings. The van der Waals surface area contributed by atoms with Gasteiger partial charge in [-0.3, -0.25) is 0 Å². The van der Waals surface area contributed by atoms with E-state index in [2.05, 4.69) is 32.0 Å². The van der Waals surface area contributed by atoms with Crippen molar-refractivity contribution in [2.75, 3.05) is 0 Å². The highest BCUT2D eigenvalue weighted by Crippen LogP contribution is 2.43. The smallest absolute Gasteiger partial charge is 0.0593 e. The molecule has 0 spiro atoms. The molecule has 0 aromatic heterocycles. The van der Waals surface area contributed by atoms with Gasteiger partial charge in [0.15, 0.2) is 0 Å². The molecule has 2 rings (SSSR count). The molecule has 12 heavy (non-hydrogen) atoms. The fourth-order valence-electron chi connectivity index (χ4n) is 1.98. The van der Waals surface area contributed by atoms with Gasteiger partial charge in [0.1, 0.15) is 0 Å². The first-order chi connectivity index (χ1) is 5.68. The van der Waals surface area contributed by atoms with Crippen LogP contribution in [0.4, 0.5) is 0 Å². The van der Waals surface area contributed by atoms with Crippen molar-refractivity contribution < 1.29 is 0 Å². The van der Waals surface area contributed by atoms with Gasteiger partial charge in [-0.15, -0.1) is 11.6 Å². The molecule has 1 heteroatoms. The van der Waals surface area contributed by atoms with Gasteiger partial charge in [-0.05, 0) is 30.4 Å². The Hall–Kier alpha value is -0.490. The predicted molar refractivity (Wildman–Crippen MR) is 52.8 cm³/mol. The lowest BCUT2D eigenvalue weighted by molar-refractivity contribution is 0.733. The second kappa shape index (κ2) is 2.77. The molecule has 0 fully saturated rings. The number of hydrogen-bond acceptors (Lipinski definition) is 0. The van der Waals surface area contributed by atoms with Crippen molar-refractivity contribution in [2.45, 2.75) is 31.6 Å². The highest BCUT2D eigenvalue weighted by molar-refractivity contribution is 6.21.